The van der Waals surface area contributed by atoms with Crippen molar-refractivity contribution < 1.29 is 4.74 Å². The highest BCUT2D eigenvalue weighted by Crippen LogP contribution is 2.51. The van der Waals surface area contributed by atoms with E-state index in [1.165, 1.54) is 39.0 Å². The van der Waals surface area contributed by atoms with Crippen molar-refractivity contribution in [2.24, 2.45) is 15.9 Å². The topological polar surface area (TPSA) is 42.1 Å². The molecule has 1 aliphatic carbocycles. The molecule has 268 valence electrons. The van der Waals surface area contributed by atoms with Gasteiger partial charge >= 0.3 is 0 Å². The third-order valence-corrected chi connectivity index (χ3v) is 11.5. The molecule has 0 saturated heterocycles. The zero-order chi connectivity index (χ0) is 36.9. The first-order valence-electron chi connectivity index (χ1n) is 19.5. The van der Waals surface area contributed by atoms with Gasteiger partial charge in [-0.1, -0.05) is 134 Å². The van der Waals surface area contributed by atoms with Gasteiger partial charge in [0.05, 0.1) is 22.6 Å². The van der Waals surface area contributed by atoms with Gasteiger partial charge in [-0.15, -0.1) is 0 Å². The molecular weight excluding hydrogens is 673 g/mol. The molecule has 5 heteroatoms. The Labute approximate surface area is 321 Å². The summed E-state index contributed by atoms with van der Waals surface area (Å²) < 4.78 is 9.07. The van der Waals surface area contributed by atoms with Crippen molar-refractivity contribution in [3.05, 3.63) is 173 Å². The van der Waals surface area contributed by atoms with Crippen LogP contribution >= 0.6 is 0 Å². The lowest BCUT2D eigenvalue weighted by molar-refractivity contribution is 0.477. The minimum Gasteiger partial charge on any atom is -0.453 e. The first-order valence-corrected chi connectivity index (χ1v) is 19.5. The number of hydrogen-bond donors (Lipinski definition) is 0. The molecule has 0 amide bonds. The Kier molecular flexibility index (Phi) is 8.28. The predicted molar refractivity (Wildman–Crippen MR) is 228 cm³/mol. The molecule has 0 N–H and O–H groups in total. The Morgan fingerprint density at radius 3 is 2.18 bits per heavy atom. The maximum atomic E-state index is 6.55. The Bertz CT molecular complexity index is 2760. The molecule has 3 aliphatic rings. The van der Waals surface area contributed by atoms with Crippen molar-refractivity contribution in [2.75, 3.05) is 4.90 Å². The normalized spacial score (nSPS) is 17.3. The fourth-order valence-corrected chi connectivity index (χ4v) is 8.89. The zero-order valence-corrected chi connectivity index (χ0v) is 31.2. The van der Waals surface area contributed by atoms with E-state index in [1.54, 1.807) is 0 Å². The van der Waals surface area contributed by atoms with E-state index in [0.29, 0.717) is 12.3 Å². The van der Waals surface area contributed by atoms with E-state index in [-0.39, 0.29) is 6.17 Å². The second-order valence-electron chi connectivity index (χ2n) is 14.8. The zero-order valence-electron chi connectivity index (χ0n) is 31.2. The average molecular weight is 715 g/mol. The van der Waals surface area contributed by atoms with Crippen LogP contribution in [0.1, 0.15) is 56.8 Å². The van der Waals surface area contributed by atoms with Gasteiger partial charge in [0.2, 0.25) is 0 Å². The molecule has 2 atom stereocenters. The number of amidine groups is 1. The van der Waals surface area contributed by atoms with Crippen LogP contribution in [-0.4, -0.2) is 16.1 Å². The summed E-state index contributed by atoms with van der Waals surface area (Å²) in [5, 5.41) is 3.91. The number of hydrogen-bond acceptors (Lipinski definition) is 4. The summed E-state index contributed by atoms with van der Waals surface area (Å²) in [5.41, 5.74) is 11.4. The standard InChI is InChI=1S/C50H42N4O/c1-3-16-34-27-29-43-48(33(34)2)49-39(37-28-30-46-44(31-37)53(38-21-11-6-12-22-38)41-24-13-14-26-45(41)55-46)23-15-25-42(49)54(43)47-32-40(35-17-7-4-8-18-35)51-50(52-47)36-19-9-5-10-20-36/h4-15,17-26,28-31,34,47H,3,16,27,32H2,1-2H3. The van der Waals surface area contributed by atoms with Gasteiger partial charge < -0.3 is 14.2 Å². The molecule has 0 bridgehead atoms. The Morgan fingerprint density at radius 1 is 0.691 bits per heavy atom. The number of nitrogens with zero attached hydrogens (tertiary/aromatic N) is 4. The van der Waals surface area contributed by atoms with Crippen molar-refractivity contribution in [1.82, 2.24) is 4.57 Å². The number of benzene rings is 6. The van der Waals surface area contributed by atoms with Crippen LogP contribution in [0.15, 0.2) is 162 Å². The molecule has 0 saturated carbocycles. The third-order valence-electron chi connectivity index (χ3n) is 11.5. The number of ether oxygens (including phenoxy) is 1. The van der Waals surface area contributed by atoms with E-state index in [4.69, 9.17) is 14.7 Å². The summed E-state index contributed by atoms with van der Waals surface area (Å²) in [6.45, 7) is 4.67. The fraction of sp³-hybridized carbons (Fsp3) is 0.160. The van der Waals surface area contributed by atoms with Crippen LogP contribution in [0.4, 0.5) is 17.1 Å². The maximum absolute atomic E-state index is 6.55. The first kappa shape index (κ1) is 33.1. The summed E-state index contributed by atoms with van der Waals surface area (Å²) in [6, 6.07) is 53.4. The van der Waals surface area contributed by atoms with Crippen LogP contribution in [0.3, 0.4) is 0 Å². The van der Waals surface area contributed by atoms with Gasteiger partial charge in [-0.3, -0.25) is 0 Å². The molecule has 0 radical (unpaired) electrons. The van der Waals surface area contributed by atoms with Crippen LogP contribution < -0.4 is 20.2 Å². The van der Waals surface area contributed by atoms with E-state index in [9.17, 15) is 0 Å². The summed E-state index contributed by atoms with van der Waals surface area (Å²) in [6.07, 6.45) is 6.38. The molecule has 7 aromatic rings. The monoisotopic (exact) mass is 714 g/mol. The van der Waals surface area contributed by atoms with E-state index in [0.717, 1.165) is 69.6 Å². The Balaban J connectivity index is 1.20. The van der Waals surface area contributed by atoms with E-state index in [1.807, 2.05) is 12.1 Å². The van der Waals surface area contributed by atoms with Gasteiger partial charge in [-0.2, -0.15) is 0 Å². The fourth-order valence-electron chi connectivity index (χ4n) is 8.89. The van der Waals surface area contributed by atoms with Crippen molar-refractivity contribution in [3.63, 3.8) is 0 Å². The largest absolute Gasteiger partial charge is 0.453 e. The maximum Gasteiger partial charge on any atom is 0.156 e. The first-order chi connectivity index (χ1) is 27.2. The van der Waals surface area contributed by atoms with Crippen molar-refractivity contribution >= 4 is 51.2 Å². The lowest BCUT2D eigenvalue weighted by Gasteiger charge is -2.33. The molecule has 0 fully saturated rings. The van der Waals surface area contributed by atoms with Gasteiger partial charge in [0, 0.05) is 33.6 Å². The van der Waals surface area contributed by atoms with Crippen molar-refractivity contribution in [3.8, 4) is 22.6 Å². The smallest absolute Gasteiger partial charge is 0.156 e. The number of aromatic nitrogens is 1. The quantitative estimate of drug-likeness (QED) is 0.165. The van der Waals surface area contributed by atoms with Gasteiger partial charge in [0.1, 0.15) is 6.17 Å². The highest BCUT2D eigenvalue weighted by atomic mass is 16.5. The van der Waals surface area contributed by atoms with Crippen LogP contribution in [-0.2, 0) is 0 Å². The predicted octanol–water partition coefficient (Wildman–Crippen LogP) is 11.5. The van der Waals surface area contributed by atoms with Gasteiger partial charge in [-0.25, -0.2) is 9.98 Å². The number of fused-ring (bicyclic) bond motifs is 5. The molecule has 1 aromatic heterocycles. The molecule has 2 unspecified atom stereocenters. The van der Waals surface area contributed by atoms with Crippen molar-refractivity contribution in [1.29, 1.82) is 0 Å². The Hall–Kier alpha value is -6.46. The van der Waals surface area contributed by atoms with Gasteiger partial charge in [0.25, 0.3) is 0 Å². The molecule has 10 rings (SSSR count). The van der Waals surface area contributed by atoms with E-state index in [2.05, 4.69) is 169 Å². The molecule has 3 heterocycles. The lowest BCUT2D eigenvalue weighted by atomic mass is 9.86. The average Bonchev–Trinajstić information content (AvgIpc) is 3.60. The van der Waals surface area contributed by atoms with Crippen LogP contribution in [0.25, 0.3) is 33.7 Å². The minimum absolute atomic E-state index is 0.168. The second kappa shape index (κ2) is 13.7. The van der Waals surface area contributed by atoms with Crippen LogP contribution in [0, 0.1) is 5.92 Å². The van der Waals surface area contributed by atoms with E-state index >= 15 is 0 Å². The number of anilines is 3. The number of rotatable bonds is 7. The molecule has 2 aliphatic heterocycles. The molecular formula is C50H42N4O. The van der Waals surface area contributed by atoms with Crippen LogP contribution in [0.5, 0.6) is 11.5 Å². The Morgan fingerprint density at radius 2 is 1.40 bits per heavy atom. The van der Waals surface area contributed by atoms with Crippen molar-refractivity contribution in [2.45, 2.75) is 45.7 Å². The molecule has 0 spiro atoms. The number of para-hydroxylation sites is 3. The minimum atomic E-state index is -0.168. The molecule has 6 aromatic carbocycles. The third kappa shape index (κ3) is 5.70. The number of aliphatic imine (C=N–C) groups is 2. The van der Waals surface area contributed by atoms with Gasteiger partial charge in [-0.05, 0) is 84.8 Å². The highest BCUT2D eigenvalue weighted by molar-refractivity contribution is 6.14. The van der Waals surface area contributed by atoms with Crippen LogP contribution in [0.2, 0.25) is 0 Å². The summed E-state index contributed by atoms with van der Waals surface area (Å²) >= 11 is 0. The summed E-state index contributed by atoms with van der Waals surface area (Å²) in [7, 11) is 0. The second-order valence-corrected chi connectivity index (χ2v) is 14.8. The summed E-state index contributed by atoms with van der Waals surface area (Å²) in [4.78, 5) is 13.0. The SMILES string of the molecule is CCCC1CC=c2c(c3c(-c4ccc5c(c4)N(c4ccccc4)c4ccccc4O5)cccc3n2C2CC(c3ccccc3)=NC(c3ccccc3)=N2)=C1C. The van der Waals surface area contributed by atoms with Gasteiger partial charge in [0.15, 0.2) is 17.3 Å². The lowest BCUT2D eigenvalue weighted by Crippen LogP contribution is -2.37. The molecule has 55 heavy (non-hydrogen) atoms. The molecule has 5 nitrogen and oxygen atoms in total. The summed E-state index contributed by atoms with van der Waals surface area (Å²) in [5.74, 6) is 2.97. The highest BCUT2D eigenvalue weighted by Gasteiger charge is 2.30. The van der Waals surface area contributed by atoms with E-state index < -0.39 is 0 Å².